The molecule has 0 spiro atoms. The molecular formula is C28H39I3N4O9. The molecule has 3 amide bonds. The predicted molar refractivity (Wildman–Crippen MR) is 185 cm³/mol. The number of primary amides is 2. The maximum atomic E-state index is 14.5. The SMILES string of the molecule is CC1(C)OCC(CN(CC(=O)N(CC2COC(C)(C)O2)c2c(I)c(C(N)=O)c(I)c(C(N)=O)c2I)CC2COC(C)(C)O2)O1. The summed E-state index contributed by atoms with van der Waals surface area (Å²) >= 11 is 5.89. The second kappa shape index (κ2) is 14.0. The van der Waals surface area contributed by atoms with E-state index < -0.39 is 35.3 Å². The monoisotopic (exact) mass is 956 g/mol. The Morgan fingerprint density at radius 2 is 1.05 bits per heavy atom. The van der Waals surface area contributed by atoms with E-state index in [9.17, 15) is 14.4 Å². The lowest BCUT2D eigenvalue weighted by molar-refractivity contribution is -0.146. The molecule has 0 aliphatic carbocycles. The Balaban J connectivity index is 1.73. The molecule has 3 saturated heterocycles. The van der Waals surface area contributed by atoms with Crippen LogP contribution in [0.4, 0.5) is 5.69 Å². The number of anilines is 1. The van der Waals surface area contributed by atoms with Crippen molar-refractivity contribution in [2.24, 2.45) is 11.5 Å². The summed E-state index contributed by atoms with van der Waals surface area (Å²) in [4.78, 5) is 43.2. The van der Waals surface area contributed by atoms with E-state index >= 15 is 0 Å². The fourth-order valence-electron chi connectivity index (χ4n) is 5.46. The van der Waals surface area contributed by atoms with Crippen LogP contribution >= 0.6 is 67.8 Å². The number of nitrogens with two attached hydrogens (primary N) is 2. The first-order chi connectivity index (χ1) is 20.3. The maximum absolute atomic E-state index is 14.5. The Labute approximate surface area is 298 Å². The summed E-state index contributed by atoms with van der Waals surface area (Å²) in [6.45, 7) is 12.8. The van der Waals surface area contributed by atoms with E-state index in [1.165, 1.54) is 4.90 Å². The second-order valence-electron chi connectivity index (χ2n) is 12.3. The normalized spacial score (nSPS) is 25.5. The third-order valence-electron chi connectivity index (χ3n) is 7.23. The summed E-state index contributed by atoms with van der Waals surface area (Å²) in [5.74, 6) is -4.10. The molecule has 1 aromatic carbocycles. The van der Waals surface area contributed by atoms with E-state index in [-0.39, 0.29) is 48.9 Å². The summed E-state index contributed by atoms with van der Waals surface area (Å²) in [5.41, 5.74) is 12.1. The minimum atomic E-state index is -0.839. The van der Waals surface area contributed by atoms with Gasteiger partial charge in [0.2, 0.25) is 5.91 Å². The van der Waals surface area contributed by atoms with Crippen LogP contribution in [0.1, 0.15) is 62.3 Å². The smallest absolute Gasteiger partial charge is 0.250 e. The van der Waals surface area contributed by atoms with Crippen LogP contribution in [0.25, 0.3) is 0 Å². The van der Waals surface area contributed by atoms with Gasteiger partial charge in [0.05, 0.1) is 69.1 Å². The van der Waals surface area contributed by atoms with Crippen LogP contribution in [-0.4, -0.2) is 104 Å². The lowest BCUT2D eigenvalue weighted by atomic mass is 10.1. The molecule has 0 radical (unpaired) electrons. The molecule has 4 N–H and O–H groups in total. The molecule has 3 fully saturated rings. The van der Waals surface area contributed by atoms with Crippen LogP contribution in [0.15, 0.2) is 0 Å². The topological polar surface area (TPSA) is 165 Å². The van der Waals surface area contributed by atoms with Gasteiger partial charge >= 0.3 is 0 Å². The van der Waals surface area contributed by atoms with Gasteiger partial charge in [0.25, 0.3) is 11.8 Å². The molecule has 3 aliphatic heterocycles. The molecule has 0 saturated carbocycles. The van der Waals surface area contributed by atoms with Crippen LogP contribution < -0.4 is 16.4 Å². The molecule has 3 atom stereocenters. The molecule has 4 rings (SSSR count). The van der Waals surface area contributed by atoms with Crippen molar-refractivity contribution in [3.05, 3.63) is 21.8 Å². The van der Waals surface area contributed by atoms with Crippen molar-refractivity contribution < 1.29 is 42.8 Å². The van der Waals surface area contributed by atoms with Gasteiger partial charge in [-0.25, -0.2) is 0 Å². The summed E-state index contributed by atoms with van der Waals surface area (Å²) in [6.07, 6.45) is -1.05. The van der Waals surface area contributed by atoms with Crippen LogP contribution in [0, 0.1) is 10.7 Å². The Kier molecular flexibility index (Phi) is 11.5. The molecule has 0 bridgehead atoms. The molecule has 16 heteroatoms. The van der Waals surface area contributed by atoms with Gasteiger partial charge in [-0.15, -0.1) is 0 Å². The summed E-state index contributed by atoms with van der Waals surface area (Å²) in [5, 5.41) is 0. The van der Waals surface area contributed by atoms with Crippen molar-refractivity contribution in [3.63, 3.8) is 0 Å². The zero-order valence-electron chi connectivity index (χ0n) is 25.5. The quantitative estimate of drug-likeness (QED) is 0.316. The van der Waals surface area contributed by atoms with Crippen LogP contribution in [-0.2, 0) is 33.2 Å². The van der Waals surface area contributed by atoms with E-state index in [0.717, 1.165) is 0 Å². The number of amides is 3. The minimum Gasteiger partial charge on any atom is -0.366 e. The largest absolute Gasteiger partial charge is 0.366 e. The van der Waals surface area contributed by atoms with E-state index in [2.05, 4.69) is 0 Å². The first kappa shape index (κ1) is 36.4. The number of hydrogen-bond donors (Lipinski definition) is 2. The molecule has 13 nitrogen and oxygen atoms in total. The zero-order valence-corrected chi connectivity index (χ0v) is 32.0. The highest BCUT2D eigenvalue weighted by atomic mass is 127. The third-order valence-corrected chi connectivity index (χ3v) is 10.4. The summed E-state index contributed by atoms with van der Waals surface area (Å²) in [6, 6.07) is 0. The number of ether oxygens (including phenoxy) is 6. The van der Waals surface area contributed by atoms with Gasteiger partial charge in [-0.3, -0.25) is 19.3 Å². The number of rotatable bonds is 11. The second-order valence-corrected chi connectivity index (χ2v) is 15.6. The standard InChI is InChI=1S/C28H39I3N4O9/c1-26(2)39-11-14(42-26)7-34(8-15-12-40-27(3,4)43-15)10-17(36)35(9-16-13-41-28(5,6)44-16)23-21(30)18(24(32)37)20(29)19(22(23)31)25(33)38/h14-16H,7-13H2,1-6H3,(H2,32,37)(H2,33,38). The van der Waals surface area contributed by atoms with Crippen molar-refractivity contribution in [3.8, 4) is 0 Å². The van der Waals surface area contributed by atoms with Gasteiger partial charge in [-0.2, -0.15) is 0 Å². The van der Waals surface area contributed by atoms with E-state index in [1.807, 2.05) is 100 Å². The Hall–Kier alpha value is -0.460. The molecule has 1 aromatic rings. The first-order valence-electron chi connectivity index (χ1n) is 14.1. The Morgan fingerprint density at radius 1 is 0.682 bits per heavy atom. The van der Waals surface area contributed by atoms with Crippen LogP contribution in [0.2, 0.25) is 0 Å². The van der Waals surface area contributed by atoms with Gasteiger partial charge in [0.1, 0.15) is 6.10 Å². The number of nitrogens with zero attached hydrogens (tertiary/aromatic N) is 2. The first-order valence-corrected chi connectivity index (χ1v) is 17.3. The predicted octanol–water partition coefficient (Wildman–Crippen LogP) is 2.79. The molecule has 3 heterocycles. The highest BCUT2D eigenvalue weighted by Crippen LogP contribution is 2.39. The summed E-state index contributed by atoms with van der Waals surface area (Å²) in [7, 11) is 0. The van der Waals surface area contributed by atoms with Crippen LogP contribution in [0.5, 0.6) is 0 Å². The highest BCUT2D eigenvalue weighted by molar-refractivity contribution is 14.1. The fraction of sp³-hybridized carbons (Fsp3) is 0.679. The van der Waals surface area contributed by atoms with E-state index in [0.29, 0.717) is 42.7 Å². The number of benzene rings is 1. The molecule has 3 aliphatic rings. The Bertz CT molecular complexity index is 1240. The van der Waals surface area contributed by atoms with Crippen molar-refractivity contribution in [1.29, 1.82) is 0 Å². The molecule has 246 valence electrons. The third kappa shape index (κ3) is 8.71. The average molecular weight is 956 g/mol. The van der Waals surface area contributed by atoms with Gasteiger partial charge in [-0.05, 0) is 109 Å². The van der Waals surface area contributed by atoms with E-state index in [1.54, 1.807) is 13.8 Å². The molecular weight excluding hydrogens is 917 g/mol. The Morgan fingerprint density at radius 3 is 1.36 bits per heavy atom. The maximum Gasteiger partial charge on any atom is 0.250 e. The van der Waals surface area contributed by atoms with Crippen molar-refractivity contribution in [2.75, 3.05) is 50.9 Å². The number of carbonyl (C=O) groups excluding carboxylic acids is 3. The van der Waals surface area contributed by atoms with Crippen molar-refractivity contribution in [2.45, 2.75) is 77.2 Å². The number of carbonyl (C=O) groups is 3. The molecule has 44 heavy (non-hydrogen) atoms. The van der Waals surface area contributed by atoms with Gasteiger partial charge < -0.3 is 44.8 Å². The summed E-state index contributed by atoms with van der Waals surface area (Å²) < 4.78 is 36.8. The highest BCUT2D eigenvalue weighted by Gasteiger charge is 2.40. The lowest BCUT2D eigenvalue weighted by Gasteiger charge is -2.33. The van der Waals surface area contributed by atoms with Crippen LogP contribution in [0.3, 0.4) is 0 Å². The lowest BCUT2D eigenvalue weighted by Crippen LogP contribution is -2.49. The van der Waals surface area contributed by atoms with Crippen molar-refractivity contribution in [1.82, 2.24) is 4.90 Å². The fourth-order valence-corrected chi connectivity index (χ4v) is 10.3. The number of hydrogen-bond acceptors (Lipinski definition) is 10. The van der Waals surface area contributed by atoms with E-state index in [4.69, 9.17) is 39.9 Å². The van der Waals surface area contributed by atoms with Gasteiger partial charge in [0.15, 0.2) is 17.4 Å². The van der Waals surface area contributed by atoms with Crippen molar-refractivity contribution >= 4 is 91.2 Å². The molecule has 3 unspecified atom stereocenters. The molecule has 0 aromatic heterocycles. The zero-order chi connectivity index (χ0) is 32.8. The minimum absolute atomic E-state index is 0.0481. The number of halogens is 3. The van der Waals surface area contributed by atoms with Gasteiger partial charge in [-0.1, -0.05) is 0 Å². The van der Waals surface area contributed by atoms with Gasteiger partial charge in [0, 0.05) is 16.7 Å². The average Bonchev–Trinajstić information content (AvgIpc) is 3.51.